The summed E-state index contributed by atoms with van der Waals surface area (Å²) < 4.78 is 4.65. The largest absolute Gasteiger partial charge is 0.465 e. The first kappa shape index (κ1) is 10.6. The first-order chi connectivity index (χ1) is 7.72. The number of carbonyl (C=O) groups is 1. The number of halogens is 1. The Morgan fingerprint density at radius 1 is 1.50 bits per heavy atom. The first-order valence-corrected chi connectivity index (χ1v) is 4.72. The van der Waals surface area contributed by atoms with E-state index in [0.29, 0.717) is 22.0 Å². The number of H-pyrrole nitrogens is 1. The van der Waals surface area contributed by atoms with Crippen LogP contribution in [0.4, 0.5) is 0 Å². The Bertz CT molecular complexity index is 512. The van der Waals surface area contributed by atoms with E-state index < -0.39 is 5.97 Å². The van der Waals surface area contributed by atoms with Crippen molar-refractivity contribution in [3.63, 3.8) is 0 Å². The van der Waals surface area contributed by atoms with E-state index in [0.717, 1.165) is 0 Å². The number of aromatic nitrogens is 4. The van der Waals surface area contributed by atoms with Gasteiger partial charge in [-0.2, -0.15) is 5.21 Å². The molecule has 0 aliphatic heterocycles. The van der Waals surface area contributed by atoms with Crippen molar-refractivity contribution in [2.45, 2.75) is 0 Å². The molecule has 16 heavy (non-hydrogen) atoms. The topological polar surface area (TPSA) is 80.8 Å². The summed E-state index contributed by atoms with van der Waals surface area (Å²) in [4.78, 5) is 11.5. The summed E-state index contributed by atoms with van der Waals surface area (Å²) in [5, 5.41) is 13.8. The summed E-state index contributed by atoms with van der Waals surface area (Å²) in [6, 6.07) is 4.78. The van der Waals surface area contributed by atoms with Crippen LogP contribution < -0.4 is 0 Å². The van der Waals surface area contributed by atoms with Crippen LogP contribution in [0.15, 0.2) is 18.2 Å². The summed E-state index contributed by atoms with van der Waals surface area (Å²) >= 11 is 5.81. The molecular weight excluding hydrogens is 232 g/mol. The lowest BCUT2D eigenvalue weighted by atomic mass is 10.1. The van der Waals surface area contributed by atoms with Crippen LogP contribution in [0.5, 0.6) is 0 Å². The molecule has 0 aliphatic carbocycles. The van der Waals surface area contributed by atoms with Crippen LogP contribution in [-0.2, 0) is 4.74 Å². The zero-order chi connectivity index (χ0) is 11.5. The number of benzene rings is 1. The highest BCUT2D eigenvalue weighted by molar-refractivity contribution is 6.31. The Balaban J connectivity index is 2.57. The van der Waals surface area contributed by atoms with Gasteiger partial charge in [-0.3, -0.25) is 0 Å². The zero-order valence-corrected chi connectivity index (χ0v) is 9.02. The molecule has 0 aliphatic rings. The van der Waals surface area contributed by atoms with Crippen molar-refractivity contribution in [2.24, 2.45) is 0 Å². The second-order valence-corrected chi connectivity index (χ2v) is 3.35. The molecule has 82 valence electrons. The van der Waals surface area contributed by atoms with E-state index in [9.17, 15) is 4.79 Å². The number of nitrogens with zero attached hydrogens (tertiary/aromatic N) is 3. The standard InChI is InChI=1S/C9H7ClN4O2/c1-16-9(15)7-4-5(10)2-3-6(7)8-11-13-14-12-8/h2-4H,1H3,(H,11,12,13,14). The van der Waals surface area contributed by atoms with Gasteiger partial charge in [0.15, 0.2) is 0 Å². The van der Waals surface area contributed by atoms with Crippen LogP contribution in [-0.4, -0.2) is 33.7 Å². The summed E-state index contributed by atoms with van der Waals surface area (Å²) in [6.07, 6.45) is 0. The first-order valence-electron chi connectivity index (χ1n) is 4.34. The van der Waals surface area contributed by atoms with Crippen LogP contribution in [0.3, 0.4) is 0 Å². The van der Waals surface area contributed by atoms with E-state index >= 15 is 0 Å². The van der Waals surface area contributed by atoms with Gasteiger partial charge < -0.3 is 4.74 Å². The van der Waals surface area contributed by atoms with Crippen LogP contribution in [0.25, 0.3) is 11.4 Å². The van der Waals surface area contributed by atoms with E-state index in [1.165, 1.54) is 13.2 Å². The predicted octanol–water partition coefficient (Wildman–Crippen LogP) is 1.31. The quantitative estimate of drug-likeness (QED) is 0.798. The minimum Gasteiger partial charge on any atom is -0.465 e. The number of ether oxygens (including phenoxy) is 1. The molecule has 0 bridgehead atoms. The average molecular weight is 239 g/mol. The van der Waals surface area contributed by atoms with Gasteiger partial charge in [-0.25, -0.2) is 4.79 Å². The molecule has 1 heterocycles. The molecule has 7 heteroatoms. The van der Waals surface area contributed by atoms with Gasteiger partial charge >= 0.3 is 5.97 Å². The van der Waals surface area contributed by atoms with Crippen molar-refractivity contribution in [1.29, 1.82) is 0 Å². The Morgan fingerprint density at radius 2 is 2.31 bits per heavy atom. The van der Waals surface area contributed by atoms with Crippen LogP contribution in [0.1, 0.15) is 10.4 Å². The van der Waals surface area contributed by atoms with Gasteiger partial charge in [0.2, 0.25) is 5.82 Å². The van der Waals surface area contributed by atoms with Gasteiger partial charge in [-0.1, -0.05) is 11.6 Å². The third-order valence-electron chi connectivity index (χ3n) is 1.97. The molecule has 1 aromatic carbocycles. The minimum atomic E-state index is -0.498. The maximum atomic E-state index is 11.5. The molecule has 0 saturated heterocycles. The lowest BCUT2D eigenvalue weighted by molar-refractivity contribution is 0.0601. The molecule has 0 radical (unpaired) electrons. The number of tetrazole rings is 1. The maximum absolute atomic E-state index is 11.5. The molecule has 2 aromatic rings. The van der Waals surface area contributed by atoms with Gasteiger partial charge in [0.1, 0.15) is 0 Å². The molecule has 0 amide bonds. The highest BCUT2D eigenvalue weighted by Crippen LogP contribution is 2.23. The number of hydrogen-bond acceptors (Lipinski definition) is 5. The smallest absolute Gasteiger partial charge is 0.338 e. The number of esters is 1. The second-order valence-electron chi connectivity index (χ2n) is 2.92. The van der Waals surface area contributed by atoms with E-state index in [1.54, 1.807) is 12.1 Å². The van der Waals surface area contributed by atoms with Crippen LogP contribution in [0.2, 0.25) is 5.02 Å². The summed E-state index contributed by atoms with van der Waals surface area (Å²) in [7, 11) is 1.29. The average Bonchev–Trinajstić information content (AvgIpc) is 2.81. The molecular formula is C9H7ClN4O2. The second kappa shape index (κ2) is 4.28. The SMILES string of the molecule is COC(=O)c1cc(Cl)ccc1-c1nn[nH]n1. The summed E-state index contributed by atoms with van der Waals surface area (Å²) in [5.74, 6) is -0.181. The third kappa shape index (κ3) is 1.87. The van der Waals surface area contributed by atoms with Gasteiger partial charge in [-0.05, 0) is 23.4 Å². The van der Waals surface area contributed by atoms with Crippen LogP contribution in [0, 0.1) is 0 Å². The van der Waals surface area contributed by atoms with Crippen molar-refractivity contribution in [3.8, 4) is 11.4 Å². The number of carbonyl (C=O) groups excluding carboxylic acids is 1. The van der Waals surface area contributed by atoms with Crippen molar-refractivity contribution >= 4 is 17.6 Å². The molecule has 0 atom stereocenters. The van der Waals surface area contributed by atoms with Gasteiger partial charge in [0.05, 0.1) is 12.7 Å². The fraction of sp³-hybridized carbons (Fsp3) is 0.111. The fourth-order valence-corrected chi connectivity index (χ4v) is 1.44. The van der Waals surface area contributed by atoms with E-state index in [1.807, 2.05) is 0 Å². The number of aromatic amines is 1. The monoisotopic (exact) mass is 238 g/mol. The predicted molar refractivity (Wildman–Crippen MR) is 56.0 cm³/mol. The molecule has 2 rings (SSSR count). The number of methoxy groups -OCH3 is 1. The molecule has 0 unspecified atom stereocenters. The lowest BCUT2D eigenvalue weighted by Gasteiger charge is -2.04. The number of hydrogen-bond donors (Lipinski definition) is 1. The molecule has 1 N–H and O–H groups in total. The highest BCUT2D eigenvalue weighted by Gasteiger charge is 2.16. The van der Waals surface area contributed by atoms with Crippen LogP contribution >= 0.6 is 11.6 Å². The third-order valence-corrected chi connectivity index (χ3v) is 2.21. The van der Waals surface area contributed by atoms with Crippen molar-refractivity contribution in [1.82, 2.24) is 20.6 Å². The summed E-state index contributed by atoms with van der Waals surface area (Å²) in [6.45, 7) is 0. The minimum absolute atomic E-state index is 0.302. The Hall–Kier alpha value is -1.95. The number of nitrogens with one attached hydrogen (secondary N) is 1. The Morgan fingerprint density at radius 3 is 2.94 bits per heavy atom. The van der Waals surface area contributed by atoms with Crippen molar-refractivity contribution in [2.75, 3.05) is 7.11 Å². The van der Waals surface area contributed by atoms with Gasteiger partial charge in [0, 0.05) is 10.6 Å². The molecule has 0 spiro atoms. The number of rotatable bonds is 2. The Kier molecular flexibility index (Phi) is 2.82. The fourth-order valence-electron chi connectivity index (χ4n) is 1.27. The molecule has 0 saturated carbocycles. The molecule has 0 fully saturated rings. The van der Waals surface area contributed by atoms with Crippen molar-refractivity contribution < 1.29 is 9.53 Å². The Labute approximate surface area is 95.6 Å². The van der Waals surface area contributed by atoms with Crippen molar-refractivity contribution in [3.05, 3.63) is 28.8 Å². The summed E-state index contributed by atoms with van der Waals surface area (Å²) in [5.41, 5.74) is 0.821. The molecule has 1 aromatic heterocycles. The van der Waals surface area contributed by atoms with E-state index in [4.69, 9.17) is 11.6 Å². The lowest BCUT2D eigenvalue weighted by Crippen LogP contribution is -2.04. The van der Waals surface area contributed by atoms with E-state index in [2.05, 4.69) is 25.4 Å². The normalized spacial score (nSPS) is 10.1. The van der Waals surface area contributed by atoms with Gasteiger partial charge in [0.25, 0.3) is 0 Å². The maximum Gasteiger partial charge on any atom is 0.338 e. The molecule has 6 nitrogen and oxygen atoms in total. The highest BCUT2D eigenvalue weighted by atomic mass is 35.5. The van der Waals surface area contributed by atoms with E-state index in [-0.39, 0.29) is 0 Å². The zero-order valence-electron chi connectivity index (χ0n) is 8.27. The van der Waals surface area contributed by atoms with Gasteiger partial charge in [-0.15, -0.1) is 10.2 Å².